The molecule has 0 aromatic carbocycles. The van der Waals surface area contributed by atoms with Crippen molar-refractivity contribution in [3.05, 3.63) is 41.2 Å². The van der Waals surface area contributed by atoms with Crippen LogP contribution in [-0.2, 0) is 6.54 Å². The third-order valence-electron chi connectivity index (χ3n) is 2.79. The van der Waals surface area contributed by atoms with Gasteiger partial charge in [0, 0.05) is 18.9 Å². The smallest absolute Gasteiger partial charge is 0.0927 e. The highest BCUT2D eigenvalue weighted by Gasteiger charge is 2.19. The van der Waals surface area contributed by atoms with Crippen LogP contribution in [0.2, 0.25) is 5.02 Å². The normalized spacial score (nSPS) is 12.9. The Kier molecular flexibility index (Phi) is 4.47. The second-order valence-corrected chi connectivity index (χ2v) is 4.92. The van der Waals surface area contributed by atoms with Gasteiger partial charge in [0.2, 0.25) is 0 Å². The van der Waals surface area contributed by atoms with Crippen LogP contribution in [-0.4, -0.2) is 45.3 Å². The van der Waals surface area contributed by atoms with Gasteiger partial charge in [0.25, 0.3) is 0 Å². The van der Waals surface area contributed by atoms with Crippen molar-refractivity contribution >= 4 is 11.6 Å². The molecule has 2 aromatic heterocycles. The Labute approximate surface area is 117 Å². The first-order chi connectivity index (χ1) is 9.09. The molecular weight excluding hydrogens is 264 g/mol. The molecule has 0 saturated heterocycles. The molecule has 102 valence electrons. The summed E-state index contributed by atoms with van der Waals surface area (Å²) in [6.45, 7) is 1.58. The van der Waals surface area contributed by atoms with Gasteiger partial charge < -0.3 is 10.6 Å². The topological polar surface area (TPSA) is 72.9 Å². The van der Waals surface area contributed by atoms with Crippen molar-refractivity contribution in [2.24, 2.45) is 5.73 Å². The average molecular weight is 281 g/mol. The number of aromatic nitrogens is 4. The molecule has 0 bridgehead atoms. The van der Waals surface area contributed by atoms with Crippen molar-refractivity contribution in [1.82, 2.24) is 24.6 Å². The molecule has 2 N–H and O–H groups in total. The van der Waals surface area contributed by atoms with E-state index < -0.39 is 6.04 Å². The Balaban J connectivity index is 2.26. The number of hydrogen-bond donors (Lipinski definition) is 1. The van der Waals surface area contributed by atoms with E-state index in [0.717, 1.165) is 18.8 Å². The lowest BCUT2D eigenvalue weighted by molar-refractivity contribution is 0.368. The molecule has 2 heterocycles. The molecule has 2 rings (SSSR count). The van der Waals surface area contributed by atoms with Crippen molar-refractivity contribution < 1.29 is 0 Å². The van der Waals surface area contributed by atoms with Crippen LogP contribution in [0.5, 0.6) is 0 Å². The lowest BCUT2D eigenvalue weighted by atomic mass is 10.1. The van der Waals surface area contributed by atoms with Crippen molar-refractivity contribution in [1.29, 1.82) is 0 Å². The number of halogens is 1. The summed E-state index contributed by atoms with van der Waals surface area (Å²) in [6.07, 6.45) is 6.48. The molecule has 0 aliphatic carbocycles. The van der Waals surface area contributed by atoms with Gasteiger partial charge in [0.1, 0.15) is 0 Å². The molecule has 6 nitrogen and oxygen atoms in total. The monoisotopic (exact) mass is 280 g/mol. The predicted molar refractivity (Wildman–Crippen MR) is 73.9 cm³/mol. The molecule has 0 aliphatic rings. The van der Waals surface area contributed by atoms with E-state index in [1.54, 1.807) is 24.8 Å². The van der Waals surface area contributed by atoms with Gasteiger partial charge in [-0.3, -0.25) is 14.6 Å². The molecule has 2 aromatic rings. The summed E-state index contributed by atoms with van der Waals surface area (Å²) in [5.74, 6) is 0. The molecule has 0 fully saturated rings. The van der Waals surface area contributed by atoms with Gasteiger partial charge in [0.05, 0.1) is 41.4 Å². The van der Waals surface area contributed by atoms with Crippen LogP contribution in [0.25, 0.3) is 0 Å². The van der Waals surface area contributed by atoms with E-state index in [2.05, 4.69) is 20.0 Å². The minimum Gasteiger partial charge on any atom is -0.318 e. The molecule has 0 aliphatic heterocycles. The van der Waals surface area contributed by atoms with E-state index in [1.165, 1.54) is 0 Å². The highest BCUT2D eigenvalue weighted by molar-refractivity contribution is 6.31. The third-order valence-corrected chi connectivity index (χ3v) is 3.08. The first-order valence-corrected chi connectivity index (χ1v) is 6.35. The molecule has 0 amide bonds. The fraction of sp³-hybridized carbons (Fsp3) is 0.417. The molecular formula is C12H17ClN6. The highest BCUT2D eigenvalue weighted by atomic mass is 35.5. The van der Waals surface area contributed by atoms with Gasteiger partial charge in [-0.25, -0.2) is 0 Å². The molecule has 0 spiro atoms. The first-order valence-electron chi connectivity index (χ1n) is 5.97. The van der Waals surface area contributed by atoms with Crippen LogP contribution >= 0.6 is 11.6 Å². The summed E-state index contributed by atoms with van der Waals surface area (Å²) < 4.78 is 1.82. The van der Waals surface area contributed by atoms with Crippen molar-refractivity contribution in [3.63, 3.8) is 0 Å². The van der Waals surface area contributed by atoms with Crippen LogP contribution in [0.4, 0.5) is 0 Å². The Morgan fingerprint density at radius 1 is 1.37 bits per heavy atom. The van der Waals surface area contributed by atoms with Gasteiger partial charge in [0.15, 0.2) is 0 Å². The second-order valence-electron chi connectivity index (χ2n) is 4.51. The Morgan fingerprint density at radius 3 is 2.79 bits per heavy atom. The minimum absolute atomic E-state index is 0.425. The summed E-state index contributed by atoms with van der Waals surface area (Å²) in [6, 6.07) is -0.425. The number of hydrogen-bond acceptors (Lipinski definition) is 5. The van der Waals surface area contributed by atoms with Gasteiger partial charge in [-0.15, -0.1) is 0 Å². The molecule has 1 unspecified atom stereocenters. The van der Waals surface area contributed by atoms with E-state index in [9.17, 15) is 0 Å². The van der Waals surface area contributed by atoms with Gasteiger partial charge in [-0.1, -0.05) is 11.6 Å². The maximum Gasteiger partial charge on any atom is 0.0927 e. The number of rotatable bonds is 5. The lowest BCUT2D eigenvalue weighted by Gasteiger charge is -2.16. The largest absolute Gasteiger partial charge is 0.318 e. The Hall–Kier alpha value is -1.50. The summed E-state index contributed by atoms with van der Waals surface area (Å²) in [4.78, 5) is 10.3. The molecule has 19 heavy (non-hydrogen) atoms. The fourth-order valence-electron chi connectivity index (χ4n) is 1.77. The number of nitrogens with two attached hydrogens (primary N) is 1. The summed E-state index contributed by atoms with van der Waals surface area (Å²) in [5.41, 5.74) is 7.65. The highest BCUT2D eigenvalue weighted by Crippen LogP contribution is 2.24. The van der Waals surface area contributed by atoms with E-state index in [0.29, 0.717) is 10.7 Å². The van der Waals surface area contributed by atoms with Gasteiger partial charge in [-0.05, 0) is 14.1 Å². The Morgan fingerprint density at radius 2 is 2.16 bits per heavy atom. The third kappa shape index (κ3) is 3.28. The molecule has 1 atom stereocenters. The minimum atomic E-state index is -0.425. The van der Waals surface area contributed by atoms with E-state index >= 15 is 0 Å². The van der Waals surface area contributed by atoms with Crippen molar-refractivity contribution in [2.75, 3.05) is 20.6 Å². The van der Waals surface area contributed by atoms with Crippen LogP contribution in [0.15, 0.2) is 24.8 Å². The lowest BCUT2D eigenvalue weighted by Crippen LogP contribution is -2.24. The van der Waals surface area contributed by atoms with E-state index in [1.807, 2.05) is 18.8 Å². The molecule has 7 heteroatoms. The van der Waals surface area contributed by atoms with Crippen molar-refractivity contribution in [2.45, 2.75) is 12.6 Å². The number of nitrogens with zero attached hydrogens (tertiary/aromatic N) is 5. The quantitative estimate of drug-likeness (QED) is 0.882. The summed E-state index contributed by atoms with van der Waals surface area (Å²) in [7, 11) is 4.01. The zero-order valence-corrected chi connectivity index (χ0v) is 11.7. The van der Waals surface area contributed by atoms with Crippen LogP contribution in [0, 0.1) is 0 Å². The maximum absolute atomic E-state index is 6.21. The average Bonchev–Trinajstić information content (AvgIpc) is 2.78. The summed E-state index contributed by atoms with van der Waals surface area (Å²) >= 11 is 6.18. The van der Waals surface area contributed by atoms with E-state index in [4.69, 9.17) is 17.3 Å². The second kappa shape index (κ2) is 6.10. The van der Waals surface area contributed by atoms with Crippen LogP contribution in [0.3, 0.4) is 0 Å². The first kappa shape index (κ1) is 13.9. The van der Waals surface area contributed by atoms with Gasteiger partial charge in [-0.2, -0.15) is 5.10 Å². The van der Waals surface area contributed by atoms with Crippen molar-refractivity contribution in [3.8, 4) is 0 Å². The van der Waals surface area contributed by atoms with Crippen LogP contribution in [0.1, 0.15) is 17.4 Å². The maximum atomic E-state index is 6.21. The Bertz CT molecular complexity index is 524. The molecule has 0 saturated carbocycles. The van der Waals surface area contributed by atoms with E-state index in [-0.39, 0.29) is 0 Å². The zero-order chi connectivity index (χ0) is 13.8. The van der Waals surface area contributed by atoms with Gasteiger partial charge >= 0.3 is 0 Å². The number of likely N-dealkylation sites (N-methyl/N-ethyl adjacent to an activating group) is 1. The SMILES string of the molecule is CN(C)CCn1ncc(Cl)c1C(N)c1cnccn1. The zero-order valence-electron chi connectivity index (χ0n) is 11.0. The van der Waals surface area contributed by atoms with Crippen LogP contribution < -0.4 is 5.73 Å². The molecule has 0 radical (unpaired) electrons. The predicted octanol–water partition coefficient (Wildman–Crippen LogP) is 0.936. The fourth-order valence-corrected chi connectivity index (χ4v) is 2.02. The standard InChI is InChI=1S/C12H17ClN6/c1-18(2)5-6-19-12(9(13)7-17-19)11(14)10-8-15-3-4-16-10/h3-4,7-8,11H,5-6,14H2,1-2H3. The summed E-state index contributed by atoms with van der Waals surface area (Å²) in [5, 5.41) is 4.82.